The van der Waals surface area contributed by atoms with Crippen molar-refractivity contribution in [1.82, 2.24) is 0 Å². The van der Waals surface area contributed by atoms with Gasteiger partial charge in [-0.1, -0.05) is 11.6 Å². The van der Waals surface area contributed by atoms with Crippen LogP contribution in [0.25, 0.3) is 0 Å². The van der Waals surface area contributed by atoms with Gasteiger partial charge in [0.2, 0.25) is 0 Å². The smallest absolute Gasteiger partial charge is 0.194 e. The van der Waals surface area contributed by atoms with Crippen LogP contribution in [-0.2, 0) is 4.74 Å². The van der Waals surface area contributed by atoms with E-state index < -0.39 is 0 Å². The first-order chi connectivity index (χ1) is 6.24. The number of hydrogen-bond donors (Lipinski definition) is 0. The normalized spacial score (nSPS) is 10.0. The molecule has 1 radical (unpaired) electrons. The molecule has 0 aromatic heterocycles. The molecule has 0 fully saturated rings. The molecular formula is C10H10ClO2. The zero-order chi connectivity index (χ0) is 9.68. The second-order valence-corrected chi connectivity index (χ2v) is 2.88. The molecular weight excluding hydrogens is 188 g/mol. The lowest BCUT2D eigenvalue weighted by Gasteiger charge is -1.99. The maximum Gasteiger partial charge on any atom is 0.194 e. The Morgan fingerprint density at radius 1 is 1.46 bits per heavy atom. The van der Waals surface area contributed by atoms with Crippen LogP contribution in [0.1, 0.15) is 17.3 Å². The molecule has 0 heterocycles. The maximum absolute atomic E-state index is 11.3. The molecule has 69 valence electrons. The van der Waals surface area contributed by atoms with Crippen LogP contribution in [0.4, 0.5) is 0 Å². The van der Waals surface area contributed by atoms with Crippen LogP contribution in [0.3, 0.4) is 0 Å². The number of ketones is 1. The van der Waals surface area contributed by atoms with E-state index >= 15 is 0 Å². The summed E-state index contributed by atoms with van der Waals surface area (Å²) >= 11 is 5.67. The van der Waals surface area contributed by atoms with Crippen LogP contribution in [0, 0.1) is 6.61 Å². The van der Waals surface area contributed by atoms with E-state index in [9.17, 15) is 4.79 Å². The molecule has 0 aliphatic carbocycles. The zero-order valence-corrected chi connectivity index (χ0v) is 8.04. The third-order valence-corrected chi connectivity index (χ3v) is 1.74. The molecule has 1 aromatic carbocycles. The largest absolute Gasteiger partial charge is 0.367 e. The lowest BCUT2D eigenvalue weighted by Crippen LogP contribution is -2.02. The van der Waals surface area contributed by atoms with Gasteiger partial charge in [-0.25, -0.2) is 0 Å². The molecule has 0 saturated heterocycles. The Kier molecular flexibility index (Phi) is 3.93. The Morgan fingerprint density at radius 2 is 2.08 bits per heavy atom. The van der Waals surface area contributed by atoms with Gasteiger partial charge in [-0.3, -0.25) is 4.79 Å². The van der Waals surface area contributed by atoms with Gasteiger partial charge in [0.25, 0.3) is 0 Å². The summed E-state index contributed by atoms with van der Waals surface area (Å²) in [6.45, 7) is 3.54. The second kappa shape index (κ2) is 5.00. The van der Waals surface area contributed by atoms with E-state index in [2.05, 4.69) is 0 Å². The van der Waals surface area contributed by atoms with Crippen molar-refractivity contribution in [2.45, 2.75) is 6.92 Å². The summed E-state index contributed by atoms with van der Waals surface area (Å²) in [5, 5.41) is 0.618. The SMILES string of the molecule is CCO[CH]C(=O)c1ccc(Cl)cc1. The van der Waals surface area contributed by atoms with Gasteiger partial charge in [0.05, 0.1) is 0 Å². The number of ether oxygens (including phenoxy) is 1. The lowest BCUT2D eigenvalue weighted by atomic mass is 10.1. The predicted molar refractivity (Wildman–Crippen MR) is 51.7 cm³/mol. The van der Waals surface area contributed by atoms with Crippen molar-refractivity contribution < 1.29 is 9.53 Å². The molecule has 1 aromatic rings. The predicted octanol–water partition coefficient (Wildman–Crippen LogP) is 2.72. The van der Waals surface area contributed by atoms with Crippen molar-refractivity contribution in [2.75, 3.05) is 6.61 Å². The van der Waals surface area contributed by atoms with E-state index in [-0.39, 0.29) is 5.78 Å². The van der Waals surface area contributed by atoms with E-state index in [1.807, 2.05) is 6.92 Å². The summed E-state index contributed by atoms with van der Waals surface area (Å²) in [5.41, 5.74) is 0.581. The van der Waals surface area contributed by atoms with Gasteiger partial charge in [-0.2, -0.15) is 0 Å². The Balaban J connectivity index is 2.61. The molecule has 0 N–H and O–H groups in total. The first kappa shape index (κ1) is 10.2. The second-order valence-electron chi connectivity index (χ2n) is 2.44. The molecule has 0 amide bonds. The molecule has 0 saturated carbocycles. The fourth-order valence-electron chi connectivity index (χ4n) is 0.841. The standard InChI is InChI=1S/C10H10ClO2/c1-2-13-7-10(12)8-3-5-9(11)6-4-8/h3-7H,2H2,1H3. The number of carbonyl (C=O) groups excluding carboxylic acids is 1. The van der Waals surface area contributed by atoms with E-state index in [1.165, 1.54) is 6.61 Å². The van der Waals surface area contributed by atoms with Crippen LogP contribution in [0.5, 0.6) is 0 Å². The monoisotopic (exact) mass is 197 g/mol. The average molecular weight is 198 g/mol. The number of hydrogen-bond acceptors (Lipinski definition) is 2. The fraction of sp³-hybridized carbons (Fsp3) is 0.200. The number of benzene rings is 1. The first-order valence-electron chi connectivity index (χ1n) is 3.98. The summed E-state index contributed by atoms with van der Waals surface area (Å²) in [4.78, 5) is 11.3. The summed E-state index contributed by atoms with van der Waals surface area (Å²) < 4.78 is 4.87. The highest BCUT2D eigenvalue weighted by molar-refractivity contribution is 6.30. The van der Waals surface area contributed by atoms with Gasteiger partial charge < -0.3 is 4.74 Å². The highest BCUT2D eigenvalue weighted by Gasteiger charge is 2.05. The van der Waals surface area contributed by atoms with Gasteiger partial charge >= 0.3 is 0 Å². The van der Waals surface area contributed by atoms with Crippen LogP contribution in [-0.4, -0.2) is 12.4 Å². The molecule has 0 atom stereocenters. The minimum Gasteiger partial charge on any atom is -0.367 e. The highest BCUT2D eigenvalue weighted by Crippen LogP contribution is 2.10. The average Bonchev–Trinajstić information content (AvgIpc) is 2.15. The van der Waals surface area contributed by atoms with Gasteiger partial charge in [0.1, 0.15) is 0 Å². The molecule has 13 heavy (non-hydrogen) atoms. The number of rotatable bonds is 4. The minimum atomic E-state index is -0.140. The van der Waals surface area contributed by atoms with Gasteiger partial charge in [0, 0.05) is 17.2 Å². The Bertz CT molecular complexity index is 279. The molecule has 0 aliphatic heterocycles. The quantitative estimate of drug-likeness (QED) is 0.694. The van der Waals surface area contributed by atoms with Crippen molar-refractivity contribution in [3.8, 4) is 0 Å². The van der Waals surface area contributed by atoms with Crippen LogP contribution >= 0.6 is 11.6 Å². The van der Waals surface area contributed by atoms with E-state index in [4.69, 9.17) is 16.3 Å². The van der Waals surface area contributed by atoms with Gasteiger partial charge in [-0.05, 0) is 31.2 Å². The number of halogens is 1. The summed E-state index contributed by atoms with van der Waals surface area (Å²) in [7, 11) is 0. The molecule has 2 nitrogen and oxygen atoms in total. The maximum atomic E-state index is 11.3. The Hall–Kier alpha value is -0.860. The van der Waals surface area contributed by atoms with E-state index in [0.29, 0.717) is 17.2 Å². The van der Waals surface area contributed by atoms with Gasteiger partial charge in [0.15, 0.2) is 12.4 Å². The van der Waals surface area contributed by atoms with Gasteiger partial charge in [-0.15, -0.1) is 0 Å². The van der Waals surface area contributed by atoms with Crippen molar-refractivity contribution >= 4 is 17.4 Å². The molecule has 0 aliphatic rings. The highest BCUT2D eigenvalue weighted by atomic mass is 35.5. The fourth-order valence-corrected chi connectivity index (χ4v) is 0.967. The van der Waals surface area contributed by atoms with Crippen molar-refractivity contribution in [2.24, 2.45) is 0 Å². The van der Waals surface area contributed by atoms with Crippen LogP contribution < -0.4 is 0 Å². The van der Waals surface area contributed by atoms with Crippen molar-refractivity contribution in [3.05, 3.63) is 41.5 Å². The minimum absolute atomic E-state index is 0.140. The molecule has 0 unspecified atom stereocenters. The Morgan fingerprint density at radius 3 is 2.62 bits per heavy atom. The number of Topliss-reactive ketones (excluding diaryl/α,β-unsaturated/α-hetero) is 1. The van der Waals surface area contributed by atoms with E-state index in [0.717, 1.165) is 0 Å². The zero-order valence-electron chi connectivity index (χ0n) is 7.29. The van der Waals surface area contributed by atoms with Crippen molar-refractivity contribution in [3.63, 3.8) is 0 Å². The molecule has 3 heteroatoms. The molecule has 0 spiro atoms. The van der Waals surface area contributed by atoms with Crippen molar-refractivity contribution in [1.29, 1.82) is 0 Å². The summed E-state index contributed by atoms with van der Waals surface area (Å²) in [5.74, 6) is -0.140. The lowest BCUT2D eigenvalue weighted by molar-refractivity contribution is 0.0910. The third-order valence-electron chi connectivity index (χ3n) is 1.49. The molecule has 1 rings (SSSR count). The van der Waals surface area contributed by atoms with Crippen LogP contribution in [0.15, 0.2) is 24.3 Å². The first-order valence-corrected chi connectivity index (χ1v) is 4.36. The third kappa shape index (κ3) is 3.17. The van der Waals surface area contributed by atoms with E-state index in [1.54, 1.807) is 24.3 Å². The topological polar surface area (TPSA) is 26.3 Å². The van der Waals surface area contributed by atoms with Crippen LogP contribution in [0.2, 0.25) is 5.02 Å². The Labute approximate surface area is 82.5 Å². The molecule has 0 bridgehead atoms. The number of carbonyl (C=O) groups is 1. The summed E-state index contributed by atoms with van der Waals surface area (Å²) in [6.07, 6.45) is 0. The summed E-state index contributed by atoms with van der Waals surface area (Å²) in [6, 6.07) is 6.68.